The fourth-order valence-electron chi connectivity index (χ4n) is 4.89. The van der Waals surface area contributed by atoms with Gasteiger partial charge in [-0.25, -0.2) is 0 Å². The van der Waals surface area contributed by atoms with Gasteiger partial charge in [-0.05, 0) is 56.5 Å². The highest BCUT2D eigenvalue weighted by Crippen LogP contribution is 2.56. The van der Waals surface area contributed by atoms with Crippen molar-refractivity contribution in [3.8, 4) is 0 Å². The molecule has 0 saturated carbocycles. The van der Waals surface area contributed by atoms with Gasteiger partial charge in [-0.2, -0.15) is 0 Å². The summed E-state index contributed by atoms with van der Waals surface area (Å²) in [4.78, 5) is 2.93. The number of thioether (sulfide) groups is 2. The maximum absolute atomic E-state index is 2.93. The molecule has 19 heavy (non-hydrogen) atoms. The molecule has 0 aliphatic carbocycles. The lowest BCUT2D eigenvalue weighted by Crippen LogP contribution is -2.57. The van der Waals surface area contributed by atoms with Crippen LogP contribution < -0.4 is 0 Å². The molecule has 3 fully saturated rings. The van der Waals surface area contributed by atoms with E-state index >= 15 is 0 Å². The second kappa shape index (κ2) is 4.71. The summed E-state index contributed by atoms with van der Waals surface area (Å²) >= 11 is 4.58. The Balaban J connectivity index is 1.67. The largest absolute Gasteiger partial charge is 0.290 e. The van der Waals surface area contributed by atoms with Crippen LogP contribution in [0.15, 0.2) is 11.6 Å². The third kappa shape index (κ3) is 2.03. The molecule has 4 aliphatic heterocycles. The van der Waals surface area contributed by atoms with E-state index in [1.165, 1.54) is 43.6 Å². The highest BCUT2D eigenvalue weighted by molar-refractivity contribution is 8.18. The van der Waals surface area contributed by atoms with E-state index in [4.69, 9.17) is 0 Å². The van der Waals surface area contributed by atoms with Crippen molar-refractivity contribution in [2.45, 2.75) is 68.2 Å². The molecule has 0 N–H and O–H groups in total. The average Bonchev–Trinajstić information content (AvgIpc) is 2.81. The Morgan fingerprint density at radius 1 is 1.21 bits per heavy atom. The van der Waals surface area contributed by atoms with E-state index in [9.17, 15) is 0 Å². The quantitative estimate of drug-likeness (QED) is 0.618. The van der Waals surface area contributed by atoms with Gasteiger partial charge in [-0.3, -0.25) is 4.90 Å². The maximum atomic E-state index is 2.93. The van der Waals surface area contributed by atoms with Crippen molar-refractivity contribution in [2.24, 2.45) is 5.92 Å². The van der Waals surface area contributed by atoms with Crippen molar-refractivity contribution < 1.29 is 0 Å². The van der Waals surface area contributed by atoms with Gasteiger partial charge < -0.3 is 0 Å². The van der Waals surface area contributed by atoms with E-state index in [1.807, 2.05) is 0 Å². The summed E-state index contributed by atoms with van der Waals surface area (Å²) < 4.78 is 0.564. The SMILES string of the molecule is CC1=C[C@H](C)[C@H]2CC[C@@H]3CC4(C[C@H]1N32)SCCCS4. The van der Waals surface area contributed by atoms with Crippen molar-refractivity contribution in [2.75, 3.05) is 11.5 Å². The number of rotatable bonds is 0. The van der Waals surface area contributed by atoms with Crippen molar-refractivity contribution in [3.05, 3.63) is 11.6 Å². The first-order valence-corrected chi connectivity index (χ1v) is 9.89. The number of nitrogens with zero attached hydrogens (tertiary/aromatic N) is 1. The van der Waals surface area contributed by atoms with E-state index in [1.54, 1.807) is 5.57 Å². The zero-order valence-electron chi connectivity index (χ0n) is 12.1. The van der Waals surface area contributed by atoms with Gasteiger partial charge in [-0.1, -0.05) is 18.6 Å². The zero-order valence-corrected chi connectivity index (χ0v) is 13.7. The molecule has 0 aromatic heterocycles. The highest BCUT2D eigenvalue weighted by atomic mass is 32.2. The van der Waals surface area contributed by atoms with Gasteiger partial charge in [0.25, 0.3) is 0 Å². The smallest absolute Gasteiger partial charge is 0.0644 e. The van der Waals surface area contributed by atoms with Crippen LogP contribution in [0.4, 0.5) is 0 Å². The molecule has 0 unspecified atom stereocenters. The van der Waals surface area contributed by atoms with Crippen molar-refractivity contribution in [3.63, 3.8) is 0 Å². The van der Waals surface area contributed by atoms with Crippen LogP contribution >= 0.6 is 23.5 Å². The molecule has 4 heterocycles. The van der Waals surface area contributed by atoms with Crippen LogP contribution in [0.2, 0.25) is 0 Å². The first-order chi connectivity index (χ1) is 9.19. The van der Waals surface area contributed by atoms with Gasteiger partial charge in [0.15, 0.2) is 0 Å². The predicted molar refractivity (Wildman–Crippen MR) is 86.9 cm³/mol. The minimum absolute atomic E-state index is 0.564. The van der Waals surface area contributed by atoms with E-state index in [0.29, 0.717) is 4.08 Å². The lowest BCUT2D eigenvalue weighted by Gasteiger charge is -2.53. The van der Waals surface area contributed by atoms with Gasteiger partial charge in [0.2, 0.25) is 0 Å². The van der Waals surface area contributed by atoms with Crippen LogP contribution in [-0.4, -0.2) is 38.6 Å². The lowest BCUT2D eigenvalue weighted by atomic mass is 9.84. The Hall–Kier alpha value is 0.400. The van der Waals surface area contributed by atoms with Crippen LogP contribution in [-0.2, 0) is 0 Å². The number of piperidine rings is 1. The molecule has 0 amide bonds. The Kier molecular flexibility index (Phi) is 3.24. The fraction of sp³-hybridized carbons (Fsp3) is 0.875. The molecule has 3 heteroatoms. The summed E-state index contributed by atoms with van der Waals surface area (Å²) in [5.41, 5.74) is 1.67. The van der Waals surface area contributed by atoms with Crippen molar-refractivity contribution >= 4 is 23.5 Å². The maximum Gasteiger partial charge on any atom is 0.0644 e. The molecule has 106 valence electrons. The normalized spacial score (nSPS) is 45.1. The second-order valence-electron chi connectivity index (χ2n) is 6.90. The predicted octanol–water partition coefficient (Wildman–Crippen LogP) is 4.14. The number of hydrogen-bond acceptors (Lipinski definition) is 3. The molecular formula is C16H25NS2. The van der Waals surface area contributed by atoms with Gasteiger partial charge in [-0.15, -0.1) is 23.5 Å². The second-order valence-corrected chi connectivity index (χ2v) is 10.1. The molecule has 0 aromatic carbocycles. The van der Waals surface area contributed by atoms with Gasteiger partial charge in [0.1, 0.15) is 0 Å². The van der Waals surface area contributed by atoms with Crippen LogP contribution in [0.3, 0.4) is 0 Å². The molecule has 1 nitrogen and oxygen atoms in total. The van der Waals surface area contributed by atoms with E-state index in [2.05, 4.69) is 48.3 Å². The summed E-state index contributed by atoms with van der Waals surface area (Å²) in [5.74, 6) is 3.58. The van der Waals surface area contributed by atoms with Crippen molar-refractivity contribution in [1.82, 2.24) is 4.90 Å². The standard InChI is InChI=1S/C16H25NS2/c1-11-8-12(2)15-10-16(18-6-3-7-19-16)9-13-4-5-14(11)17(13)15/h8,11,13-15H,3-7,9-10H2,1-2H3/t11-,13+,14+,15+/m0/s1. The minimum Gasteiger partial charge on any atom is -0.290 e. The van der Waals surface area contributed by atoms with Crippen LogP contribution in [0.1, 0.15) is 46.0 Å². The molecule has 4 aliphatic rings. The summed E-state index contributed by atoms with van der Waals surface area (Å²) in [5, 5.41) is 0. The lowest BCUT2D eigenvalue weighted by molar-refractivity contribution is 0.0726. The van der Waals surface area contributed by atoms with Crippen LogP contribution in [0.25, 0.3) is 0 Å². The fourth-order valence-corrected chi connectivity index (χ4v) is 8.40. The van der Waals surface area contributed by atoms with E-state index in [-0.39, 0.29) is 0 Å². The highest BCUT2D eigenvalue weighted by Gasteiger charge is 2.52. The topological polar surface area (TPSA) is 3.24 Å². The van der Waals surface area contributed by atoms with Gasteiger partial charge in [0.05, 0.1) is 4.08 Å². The molecule has 4 rings (SSSR count). The first kappa shape index (κ1) is 13.1. The first-order valence-electron chi connectivity index (χ1n) is 7.92. The minimum atomic E-state index is 0.564. The third-order valence-corrected chi connectivity index (χ3v) is 9.10. The Morgan fingerprint density at radius 2 is 2.00 bits per heavy atom. The Bertz CT molecular complexity index is 400. The van der Waals surface area contributed by atoms with E-state index in [0.717, 1.165) is 24.0 Å². The molecule has 3 saturated heterocycles. The molecule has 1 spiro atoms. The van der Waals surface area contributed by atoms with Gasteiger partial charge >= 0.3 is 0 Å². The summed E-state index contributed by atoms with van der Waals surface area (Å²) in [7, 11) is 0. The summed E-state index contributed by atoms with van der Waals surface area (Å²) in [6.45, 7) is 4.82. The van der Waals surface area contributed by atoms with Crippen LogP contribution in [0.5, 0.6) is 0 Å². The molecule has 0 radical (unpaired) electrons. The monoisotopic (exact) mass is 295 g/mol. The Labute approximate surface area is 126 Å². The summed E-state index contributed by atoms with van der Waals surface area (Å²) in [6.07, 6.45) is 9.77. The third-order valence-electron chi connectivity index (χ3n) is 5.69. The van der Waals surface area contributed by atoms with Gasteiger partial charge in [0, 0.05) is 18.1 Å². The number of hydrogen-bond donors (Lipinski definition) is 0. The van der Waals surface area contributed by atoms with Crippen molar-refractivity contribution in [1.29, 1.82) is 0 Å². The van der Waals surface area contributed by atoms with Crippen LogP contribution in [0, 0.1) is 5.92 Å². The molecule has 0 aromatic rings. The molecular weight excluding hydrogens is 270 g/mol. The average molecular weight is 296 g/mol. The molecule has 4 atom stereocenters. The molecule has 0 bridgehead atoms. The zero-order chi connectivity index (χ0) is 13.0. The summed E-state index contributed by atoms with van der Waals surface area (Å²) in [6, 6.07) is 2.50. The van der Waals surface area contributed by atoms with E-state index < -0.39 is 0 Å². The Morgan fingerprint density at radius 3 is 2.79 bits per heavy atom.